The maximum absolute atomic E-state index is 11.2. The van der Waals surface area contributed by atoms with Crippen LogP contribution < -0.4 is 5.32 Å². The van der Waals surface area contributed by atoms with Gasteiger partial charge in [0.25, 0.3) is 0 Å². The molecule has 0 fully saturated rings. The molecule has 1 amide bonds. The first-order chi connectivity index (χ1) is 8.82. The van der Waals surface area contributed by atoms with Gasteiger partial charge < -0.3 is 15.2 Å². The van der Waals surface area contributed by atoms with Crippen LogP contribution in [0.5, 0.6) is 0 Å². The summed E-state index contributed by atoms with van der Waals surface area (Å²) in [5.41, 5.74) is 0. The number of ketones is 1. The molecule has 0 bridgehead atoms. The molecule has 0 unspecified atom stereocenters. The van der Waals surface area contributed by atoms with Crippen LogP contribution in [0.1, 0.15) is 20.3 Å². The Morgan fingerprint density at radius 3 is 2.37 bits per heavy atom. The minimum absolute atomic E-state index is 0.176. The molecular formula is C11H17NO6S. The molecule has 0 aromatic rings. The molecule has 0 spiro atoms. The Morgan fingerprint density at radius 2 is 1.89 bits per heavy atom. The summed E-state index contributed by atoms with van der Waals surface area (Å²) in [4.78, 5) is 43.2. The van der Waals surface area contributed by atoms with E-state index >= 15 is 0 Å². The van der Waals surface area contributed by atoms with Crippen molar-refractivity contribution in [2.24, 2.45) is 0 Å². The largest absolute Gasteiger partial charge is 0.480 e. The lowest BCUT2D eigenvalue weighted by atomic mass is 10.3. The van der Waals surface area contributed by atoms with Crippen molar-refractivity contribution in [1.82, 2.24) is 5.32 Å². The number of rotatable bonds is 9. The molecule has 1 atom stereocenters. The predicted octanol–water partition coefficient (Wildman–Crippen LogP) is -0.169. The lowest BCUT2D eigenvalue weighted by Crippen LogP contribution is -2.41. The van der Waals surface area contributed by atoms with Gasteiger partial charge in [-0.15, -0.1) is 0 Å². The summed E-state index contributed by atoms with van der Waals surface area (Å²) in [6.45, 7) is 2.19. The number of thioether (sulfide) groups is 1. The number of nitrogens with one attached hydrogen (secondary N) is 1. The minimum atomic E-state index is -1.12. The second kappa shape index (κ2) is 9.37. The average Bonchev–Trinajstić information content (AvgIpc) is 2.29. The number of carbonyl (C=O) groups excluding carboxylic acids is 3. The first-order valence-electron chi connectivity index (χ1n) is 5.55. The highest BCUT2D eigenvalue weighted by atomic mass is 32.2. The van der Waals surface area contributed by atoms with Crippen molar-refractivity contribution in [3.05, 3.63) is 0 Å². The number of carboxylic acid groups (broad SMARTS) is 1. The number of aliphatic carboxylic acids is 1. The Balaban J connectivity index is 3.81. The van der Waals surface area contributed by atoms with Crippen molar-refractivity contribution in [1.29, 1.82) is 0 Å². The van der Waals surface area contributed by atoms with Crippen LogP contribution in [0.3, 0.4) is 0 Å². The van der Waals surface area contributed by atoms with Gasteiger partial charge in [0, 0.05) is 31.8 Å². The Morgan fingerprint density at radius 1 is 1.26 bits per heavy atom. The predicted molar refractivity (Wildman–Crippen MR) is 68.8 cm³/mol. The van der Waals surface area contributed by atoms with Crippen molar-refractivity contribution in [3.63, 3.8) is 0 Å². The van der Waals surface area contributed by atoms with Gasteiger partial charge in [-0.2, -0.15) is 11.8 Å². The fraction of sp³-hybridized carbons (Fsp3) is 0.636. The molecular weight excluding hydrogens is 274 g/mol. The second-order valence-electron chi connectivity index (χ2n) is 3.74. The number of hydrogen-bond donors (Lipinski definition) is 2. The summed E-state index contributed by atoms with van der Waals surface area (Å²) in [6, 6.07) is -0.967. The zero-order chi connectivity index (χ0) is 14.8. The van der Waals surface area contributed by atoms with Crippen LogP contribution in [0.15, 0.2) is 0 Å². The standard InChI is InChI=1S/C11H17NO6S/c1-7(13)12-10(11(16)17)6-19-4-3-9(15)5-18-8(2)14/h10H,3-6H2,1-2H3,(H,12,13)(H,16,17)/t10-/m1/s1. The third kappa shape index (κ3) is 10.1. The number of Topliss-reactive ketones (excluding diaryl/α,β-unsaturated/α-hetero) is 1. The zero-order valence-electron chi connectivity index (χ0n) is 10.8. The van der Waals surface area contributed by atoms with Crippen molar-refractivity contribution in [2.45, 2.75) is 26.3 Å². The van der Waals surface area contributed by atoms with Gasteiger partial charge in [0.1, 0.15) is 12.6 Å². The maximum atomic E-state index is 11.2. The average molecular weight is 291 g/mol. The van der Waals surface area contributed by atoms with Gasteiger partial charge in [-0.25, -0.2) is 4.79 Å². The summed E-state index contributed by atoms with van der Waals surface area (Å²) >= 11 is 1.24. The number of carboxylic acids is 1. The van der Waals surface area contributed by atoms with E-state index in [4.69, 9.17) is 5.11 Å². The SMILES string of the molecule is CC(=O)N[C@H](CSCCC(=O)COC(C)=O)C(=O)O. The van der Waals surface area contributed by atoms with Gasteiger partial charge in [0.05, 0.1) is 0 Å². The van der Waals surface area contributed by atoms with Crippen LogP contribution in [0.2, 0.25) is 0 Å². The highest BCUT2D eigenvalue weighted by molar-refractivity contribution is 7.99. The highest BCUT2D eigenvalue weighted by Gasteiger charge is 2.18. The van der Waals surface area contributed by atoms with Crippen molar-refractivity contribution in [3.8, 4) is 0 Å². The lowest BCUT2D eigenvalue weighted by molar-refractivity contribution is -0.145. The van der Waals surface area contributed by atoms with Gasteiger partial charge in [-0.1, -0.05) is 0 Å². The summed E-state index contributed by atoms with van der Waals surface area (Å²) in [5.74, 6) is -1.70. The van der Waals surface area contributed by atoms with E-state index in [2.05, 4.69) is 10.1 Å². The number of amides is 1. The second-order valence-corrected chi connectivity index (χ2v) is 4.89. The van der Waals surface area contributed by atoms with Gasteiger partial charge in [-0.05, 0) is 0 Å². The van der Waals surface area contributed by atoms with E-state index in [9.17, 15) is 19.2 Å². The van der Waals surface area contributed by atoms with Gasteiger partial charge in [0.15, 0.2) is 5.78 Å². The van der Waals surface area contributed by atoms with Crippen LogP contribution in [0.25, 0.3) is 0 Å². The zero-order valence-corrected chi connectivity index (χ0v) is 11.6. The summed E-state index contributed by atoms with van der Waals surface area (Å²) in [7, 11) is 0. The van der Waals surface area contributed by atoms with Gasteiger partial charge in [-0.3, -0.25) is 14.4 Å². The molecule has 7 nitrogen and oxygen atoms in total. The third-order valence-electron chi connectivity index (χ3n) is 1.92. The number of ether oxygens (including phenoxy) is 1. The van der Waals surface area contributed by atoms with E-state index in [1.807, 2.05) is 0 Å². The topological polar surface area (TPSA) is 110 Å². The molecule has 0 aromatic carbocycles. The Bertz CT molecular complexity index is 357. The van der Waals surface area contributed by atoms with E-state index in [0.717, 1.165) is 0 Å². The number of esters is 1. The van der Waals surface area contributed by atoms with E-state index in [0.29, 0.717) is 5.75 Å². The van der Waals surface area contributed by atoms with Crippen molar-refractivity contribution < 1.29 is 29.0 Å². The molecule has 0 saturated carbocycles. The fourth-order valence-electron chi connectivity index (χ4n) is 1.06. The van der Waals surface area contributed by atoms with Crippen LogP contribution in [0, 0.1) is 0 Å². The molecule has 0 aliphatic carbocycles. The quantitative estimate of drug-likeness (QED) is 0.448. The van der Waals surface area contributed by atoms with Crippen molar-refractivity contribution >= 4 is 35.4 Å². The van der Waals surface area contributed by atoms with Gasteiger partial charge >= 0.3 is 11.9 Å². The van der Waals surface area contributed by atoms with Crippen LogP contribution >= 0.6 is 11.8 Å². The number of carbonyl (C=O) groups is 4. The normalized spacial score (nSPS) is 11.5. The van der Waals surface area contributed by atoms with Crippen LogP contribution in [-0.4, -0.2) is 52.9 Å². The third-order valence-corrected chi connectivity index (χ3v) is 2.98. The Labute approximate surface area is 115 Å². The van der Waals surface area contributed by atoms with E-state index in [-0.39, 0.29) is 24.6 Å². The monoisotopic (exact) mass is 291 g/mol. The smallest absolute Gasteiger partial charge is 0.327 e. The van der Waals surface area contributed by atoms with E-state index < -0.39 is 23.9 Å². The van der Waals surface area contributed by atoms with E-state index in [1.54, 1.807) is 0 Å². The first-order valence-corrected chi connectivity index (χ1v) is 6.71. The molecule has 0 heterocycles. The lowest BCUT2D eigenvalue weighted by Gasteiger charge is -2.12. The molecule has 108 valence electrons. The molecule has 0 radical (unpaired) electrons. The molecule has 0 aromatic heterocycles. The Kier molecular flexibility index (Phi) is 8.60. The molecule has 0 aliphatic heterocycles. The maximum Gasteiger partial charge on any atom is 0.327 e. The fourth-order valence-corrected chi connectivity index (χ4v) is 2.06. The molecule has 0 rings (SSSR count). The van der Waals surface area contributed by atoms with E-state index in [1.165, 1.54) is 25.6 Å². The first kappa shape index (κ1) is 17.4. The Hall–Kier alpha value is -1.57. The van der Waals surface area contributed by atoms with Gasteiger partial charge in [0.2, 0.25) is 5.91 Å². The van der Waals surface area contributed by atoms with Crippen LogP contribution in [-0.2, 0) is 23.9 Å². The number of hydrogen-bond acceptors (Lipinski definition) is 6. The molecule has 19 heavy (non-hydrogen) atoms. The van der Waals surface area contributed by atoms with Crippen molar-refractivity contribution in [2.75, 3.05) is 18.1 Å². The summed E-state index contributed by atoms with van der Waals surface area (Å²) in [6.07, 6.45) is 0.185. The summed E-state index contributed by atoms with van der Waals surface area (Å²) < 4.78 is 4.52. The molecule has 0 aliphatic rings. The van der Waals surface area contributed by atoms with Crippen LogP contribution in [0.4, 0.5) is 0 Å². The summed E-state index contributed by atoms with van der Waals surface area (Å²) in [5, 5.41) is 11.1. The highest BCUT2D eigenvalue weighted by Crippen LogP contribution is 2.06. The minimum Gasteiger partial charge on any atom is -0.480 e. The molecule has 8 heteroatoms. The molecule has 0 saturated heterocycles. The molecule has 2 N–H and O–H groups in total.